The molecule has 2 aromatic heterocycles. The highest BCUT2D eigenvalue weighted by Gasteiger charge is 2.35. The maximum atomic E-state index is 13.3. The molecule has 0 radical (unpaired) electrons. The van der Waals surface area contributed by atoms with Crippen LogP contribution in [0, 0.1) is 6.92 Å². The number of alkyl halides is 3. The van der Waals surface area contributed by atoms with Gasteiger partial charge < -0.3 is 9.47 Å². The van der Waals surface area contributed by atoms with Crippen LogP contribution in [0.3, 0.4) is 0 Å². The summed E-state index contributed by atoms with van der Waals surface area (Å²) in [7, 11) is 1.52. The zero-order valence-electron chi connectivity index (χ0n) is 19.5. The zero-order chi connectivity index (χ0) is 25.4. The van der Waals surface area contributed by atoms with Crippen molar-refractivity contribution >= 4 is 33.9 Å². The molecule has 9 nitrogen and oxygen atoms in total. The fourth-order valence-corrected chi connectivity index (χ4v) is 4.84. The maximum Gasteiger partial charge on any atom is 0.428 e. The topological polar surface area (TPSA) is 104 Å². The lowest BCUT2D eigenvalue weighted by molar-refractivity contribution is -0.136. The van der Waals surface area contributed by atoms with E-state index < -0.39 is 48.1 Å². The Balaban J connectivity index is 2.04. The van der Waals surface area contributed by atoms with Gasteiger partial charge in [-0.25, -0.2) is 15.0 Å². The Hall–Kier alpha value is -2.67. The number of nitrogens with zero attached hydrogens (tertiary/aromatic N) is 3. The molecule has 3 rings (SSSR count). The molecule has 0 bridgehead atoms. The predicted octanol–water partition coefficient (Wildman–Crippen LogP) is 3.69. The molecule has 0 saturated heterocycles. The lowest BCUT2D eigenvalue weighted by Gasteiger charge is -2.35. The molecule has 1 amide bonds. The first-order valence-corrected chi connectivity index (χ1v) is 11.4. The van der Waals surface area contributed by atoms with Gasteiger partial charge in [-0.15, -0.1) is 11.3 Å². The molecule has 1 fully saturated rings. The predicted molar refractivity (Wildman–Crippen MR) is 122 cm³/mol. The van der Waals surface area contributed by atoms with Crippen LogP contribution in [0.15, 0.2) is 14.7 Å². The average Bonchev–Trinajstić information content (AvgIpc) is 2.97. The van der Waals surface area contributed by atoms with Gasteiger partial charge in [-0.2, -0.15) is 18.3 Å². The van der Waals surface area contributed by atoms with Crippen molar-refractivity contribution in [3.05, 3.63) is 31.3 Å². The Morgan fingerprint density at radius 1 is 1.26 bits per heavy atom. The van der Waals surface area contributed by atoms with E-state index in [9.17, 15) is 27.6 Å². The largest absolute Gasteiger partial charge is 0.443 e. The summed E-state index contributed by atoms with van der Waals surface area (Å²) in [6, 6.07) is -0.447. The fourth-order valence-electron chi connectivity index (χ4n) is 3.65. The fraction of sp³-hybridized carbons (Fsp3) is 0.619. The number of methoxy groups -OCH3 is 1. The molecule has 2 aromatic rings. The number of fused-ring (bicyclic) bond motifs is 1. The summed E-state index contributed by atoms with van der Waals surface area (Å²) < 4.78 is 51.2. The number of thiophene rings is 1. The number of amides is 1. The number of carbonyl (C=O) groups is 1. The van der Waals surface area contributed by atoms with Gasteiger partial charge in [-0.3, -0.25) is 13.9 Å². The van der Waals surface area contributed by atoms with Crippen LogP contribution < -0.4 is 16.7 Å². The van der Waals surface area contributed by atoms with E-state index in [4.69, 9.17) is 9.47 Å². The number of ether oxygens (including phenoxy) is 2. The Bertz CT molecular complexity index is 1220. The number of carbonyl (C=O) groups excluding carboxylic acids is 1. The van der Waals surface area contributed by atoms with Crippen molar-refractivity contribution in [1.29, 1.82) is 0 Å². The molecule has 1 saturated carbocycles. The molecule has 2 heterocycles. The average molecular weight is 505 g/mol. The van der Waals surface area contributed by atoms with Gasteiger partial charge >= 0.3 is 18.0 Å². The molecule has 0 atom stereocenters. The lowest BCUT2D eigenvalue weighted by atomic mass is 9.89. The van der Waals surface area contributed by atoms with E-state index in [0.29, 0.717) is 23.3 Å². The van der Waals surface area contributed by atoms with Crippen LogP contribution >= 0.6 is 11.3 Å². The Kier molecular flexibility index (Phi) is 7.27. The summed E-state index contributed by atoms with van der Waals surface area (Å²) in [5, 5.41) is 3.98. The Morgan fingerprint density at radius 3 is 2.47 bits per heavy atom. The minimum Gasteiger partial charge on any atom is -0.443 e. The van der Waals surface area contributed by atoms with Gasteiger partial charge in [0, 0.05) is 19.7 Å². The summed E-state index contributed by atoms with van der Waals surface area (Å²) in [5.74, 6) is 0. The molecule has 1 N–H and O–H groups in total. The number of hydrogen-bond donors (Lipinski definition) is 1. The maximum absolute atomic E-state index is 13.3. The van der Waals surface area contributed by atoms with Crippen LogP contribution in [-0.4, -0.2) is 46.4 Å². The number of halogens is 3. The van der Waals surface area contributed by atoms with E-state index in [2.05, 4.69) is 10.5 Å². The minimum absolute atomic E-state index is 0.110. The van der Waals surface area contributed by atoms with Crippen LogP contribution in [0.5, 0.6) is 0 Å². The van der Waals surface area contributed by atoms with Crippen LogP contribution in [0.4, 0.5) is 18.0 Å². The number of hydrogen-bond acceptors (Lipinski definition) is 7. The van der Waals surface area contributed by atoms with E-state index in [0.717, 1.165) is 20.5 Å². The summed E-state index contributed by atoms with van der Waals surface area (Å²) in [6.07, 6.45) is -4.46. The molecule has 13 heteroatoms. The summed E-state index contributed by atoms with van der Waals surface area (Å²) in [6.45, 7) is 6.07. The number of rotatable bonds is 6. The lowest BCUT2D eigenvalue weighted by Crippen LogP contribution is -2.47. The van der Waals surface area contributed by atoms with Crippen LogP contribution in [0.1, 0.15) is 56.5 Å². The molecule has 1 aliphatic carbocycles. The van der Waals surface area contributed by atoms with Gasteiger partial charge in [-0.1, -0.05) is 0 Å². The molecular formula is C21H27F3N4O5S. The number of aryl methyl sites for hydroxylation is 2. The van der Waals surface area contributed by atoms with Gasteiger partial charge in [0.05, 0.1) is 29.0 Å². The monoisotopic (exact) mass is 504 g/mol. The summed E-state index contributed by atoms with van der Waals surface area (Å²) in [4.78, 5) is 38.7. The summed E-state index contributed by atoms with van der Waals surface area (Å²) in [5.41, 5.74) is 0.595. The second kappa shape index (κ2) is 9.53. The van der Waals surface area contributed by atoms with Crippen molar-refractivity contribution in [3.8, 4) is 0 Å². The highest BCUT2D eigenvalue weighted by molar-refractivity contribution is 7.20. The Morgan fingerprint density at radius 2 is 1.91 bits per heavy atom. The van der Waals surface area contributed by atoms with Crippen molar-refractivity contribution in [2.24, 2.45) is 5.10 Å². The van der Waals surface area contributed by atoms with Gasteiger partial charge in [0.25, 0.3) is 5.56 Å². The molecule has 0 aromatic carbocycles. The van der Waals surface area contributed by atoms with E-state index >= 15 is 0 Å². The molecule has 1 aliphatic rings. The van der Waals surface area contributed by atoms with Gasteiger partial charge in [0.15, 0.2) is 0 Å². The van der Waals surface area contributed by atoms with Gasteiger partial charge in [0.1, 0.15) is 10.4 Å². The number of nitrogens with one attached hydrogen (secondary N) is 1. The first-order chi connectivity index (χ1) is 15.7. The highest BCUT2D eigenvalue weighted by atomic mass is 32.1. The molecule has 0 unspecified atom stereocenters. The van der Waals surface area contributed by atoms with Crippen molar-refractivity contribution < 1.29 is 27.4 Å². The van der Waals surface area contributed by atoms with Crippen LogP contribution in [0.2, 0.25) is 0 Å². The summed E-state index contributed by atoms with van der Waals surface area (Å²) >= 11 is 0.961. The van der Waals surface area contributed by atoms with Crippen molar-refractivity contribution in [1.82, 2.24) is 14.6 Å². The first-order valence-electron chi connectivity index (χ1n) is 10.6. The van der Waals surface area contributed by atoms with Crippen molar-refractivity contribution in [2.75, 3.05) is 7.11 Å². The van der Waals surface area contributed by atoms with Gasteiger partial charge in [-0.05, 0) is 46.1 Å². The van der Waals surface area contributed by atoms with Crippen LogP contribution in [0.25, 0.3) is 10.2 Å². The SMILES string of the molecule is COC1CC(n2c(=O)c3c(C)c(C=NNC(=O)OC(C)(C)C)sc3n(CCC(F)(F)F)c2=O)C1. The van der Waals surface area contributed by atoms with E-state index in [1.807, 2.05) is 0 Å². The second-order valence-electron chi connectivity index (χ2n) is 9.10. The van der Waals surface area contributed by atoms with Crippen molar-refractivity contribution in [3.63, 3.8) is 0 Å². The molecule has 34 heavy (non-hydrogen) atoms. The zero-order valence-corrected chi connectivity index (χ0v) is 20.3. The number of aromatic nitrogens is 2. The molecule has 188 valence electrons. The number of hydrazone groups is 1. The normalized spacial score (nSPS) is 18.9. The quantitative estimate of drug-likeness (QED) is 0.477. The molecule has 0 spiro atoms. The molecule has 0 aliphatic heterocycles. The first kappa shape index (κ1) is 25.9. The second-order valence-corrected chi connectivity index (χ2v) is 10.1. The van der Waals surface area contributed by atoms with Crippen molar-refractivity contribution in [2.45, 2.75) is 77.4 Å². The third-order valence-corrected chi connectivity index (χ3v) is 6.65. The smallest absolute Gasteiger partial charge is 0.428 e. The third-order valence-electron chi connectivity index (χ3n) is 5.40. The highest BCUT2D eigenvalue weighted by Crippen LogP contribution is 2.34. The van der Waals surface area contributed by atoms with E-state index in [1.165, 1.54) is 13.3 Å². The standard InChI is InChI=1S/C21H27F3N4O5S/c1-11-14(10-25-26-18(30)33-20(2,3)4)34-17-15(11)16(29)28(12-8-13(9-12)32-5)19(31)27(17)7-6-21(22,23)24/h10,12-13H,6-9H2,1-5H3,(H,26,30). The van der Waals surface area contributed by atoms with E-state index in [1.54, 1.807) is 27.7 Å². The molecular weight excluding hydrogens is 477 g/mol. The van der Waals surface area contributed by atoms with E-state index in [-0.39, 0.29) is 16.3 Å². The Labute approximate surface area is 197 Å². The minimum atomic E-state index is -4.47. The third kappa shape index (κ3) is 5.69. The van der Waals surface area contributed by atoms with Crippen LogP contribution in [-0.2, 0) is 16.0 Å². The van der Waals surface area contributed by atoms with Gasteiger partial charge in [0.2, 0.25) is 0 Å².